The molecule has 0 fully saturated rings. The summed E-state index contributed by atoms with van der Waals surface area (Å²) in [4.78, 5) is 10.7. The highest BCUT2D eigenvalue weighted by atomic mass is 16.5. The van der Waals surface area contributed by atoms with Crippen molar-refractivity contribution >= 4 is 5.97 Å². The maximum atomic E-state index is 10.7. The Morgan fingerprint density at radius 3 is 2.54 bits per heavy atom. The Balaban J connectivity index is 3.99. The monoisotopic (exact) mass is 190 g/mol. The van der Waals surface area contributed by atoms with Crippen LogP contribution in [0.15, 0.2) is 0 Å². The Morgan fingerprint density at radius 1 is 1.54 bits per heavy atom. The third kappa shape index (κ3) is 4.85. The Morgan fingerprint density at radius 2 is 2.15 bits per heavy atom. The number of aliphatic hydroxyl groups excluding tert-OH is 1. The van der Waals surface area contributed by atoms with Crippen molar-refractivity contribution in [1.29, 1.82) is 0 Å². The van der Waals surface area contributed by atoms with Crippen molar-refractivity contribution < 1.29 is 19.7 Å². The largest absolute Gasteiger partial charge is 0.479 e. The molecule has 4 nitrogen and oxygen atoms in total. The van der Waals surface area contributed by atoms with Gasteiger partial charge < -0.3 is 14.9 Å². The first-order chi connectivity index (χ1) is 6.13. The zero-order chi connectivity index (χ0) is 10.3. The molecule has 0 saturated heterocycles. The number of hydrogen-bond donors (Lipinski definition) is 2. The lowest BCUT2D eigenvalue weighted by molar-refractivity contribution is -0.154. The van der Waals surface area contributed by atoms with E-state index in [0.29, 0.717) is 0 Å². The zero-order valence-corrected chi connectivity index (χ0v) is 8.19. The van der Waals surface area contributed by atoms with Gasteiger partial charge in [-0.05, 0) is 12.3 Å². The average molecular weight is 190 g/mol. The topological polar surface area (TPSA) is 66.8 Å². The molecule has 0 heterocycles. The van der Waals surface area contributed by atoms with Gasteiger partial charge in [0, 0.05) is 0 Å². The standard InChI is InChI=1S/C9H18O4/c1-3-4-7(2)8(9(11)12)13-6-5-10/h7-8,10H,3-6H2,1-2H3,(H,11,12). The maximum absolute atomic E-state index is 10.7. The van der Waals surface area contributed by atoms with E-state index < -0.39 is 12.1 Å². The summed E-state index contributed by atoms with van der Waals surface area (Å²) in [5, 5.41) is 17.3. The number of carboxylic acid groups (broad SMARTS) is 1. The minimum atomic E-state index is -0.950. The quantitative estimate of drug-likeness (QED) is 0.625. The summed E-state index contributed by atoms with van der Waals surface area (Å²) in [5.74, 6) is -0.955. The number of hydrogen-bond acceptors (Lipinski definition) is 3. The maximum Gasteiger partial charge on any atom is 0.333 e. The van der Waals surface area contributed by atoms with Gasteiger partial charge in [0.05, 0.1) is 13.2 Å². The van der Waals surface area contributed by atoms with Gasteiger partial charge in [0.1, 0.15) is 0 Å². The van der Waals surface area contributed by atoms with E-state index in [1.807, 2.05) is 13.8 Å². The second-order valence-corrected chi connectivity index (χ2v) is 3.12. The lowest BCUT2D eigenvalue weighted by Gasteiger charge is -2.19. The summed E-state index contributed by atoms with van der Waals surface area (Å²) in [6.45, 7) is 3.80. The number of ether oxygens (including phenoxy) is 1. The molecule has 0 rings (SSSR count). The van der Waals surface area contributed by atoms with E-state index in [4.69, 9.17) is 14.9 Å². The summed E-state index contributed by atoms with van der Waals surface area (Å²) >= 11 is 0. The van der Waals surface area contributed by atoms with E-state index in [2.05, 4.69) is 0 Å². The van der Waals surface area contributed by atoms with Crippen LogP contribution >= 0.6 is 0 Å². The van der Waals surface area contributed by atoms with Gasteiger partial charge in [-0.2, -0.15) is 0 Å². The number of aliphatic carboxylic acids is 1. The SMILES string of the molecule is CCCC(C)C(OCCO)C(=O)O. The predicted octanol–water partition coefficient (Wildman–Crippen LogP) is 0.885. The van der Waals surface area contributed by atoms with Crippen molar-refractivity contribution in [3.05, 3.63) is 0 Å². The fourth-order valence-electron chi connectivity index (χ4n) is 1.27. The van der Waals surface area contributed by atoms with Gasteiger partial charge in [0.25, 0.3) is 0 Å². The molecular weight excluding hydrogens is 172 g/mol. The molecule has 4 heteroatoms. The molecule has 0 aliphatic heterocycles. The molecule has 0 amide bonds. The van der Waals surface area contributed by atoms with Gasteiger partial charge in [-0.15, -0.1) is 0 Å². The van der Waals surface area contributed by atoms with Crippen molar-refractivity contribution in [3.63, 3.8) is 0 Å². The molecule has 0 aliphatic rings. The van der Waals surface area contributed by atoms with Gasteiger partial charge in [0.15, 0.2) is 6.10 Å². The summed E-state index contributed by atoms with van der Waals surface area (Å²) in [6, 6.07) is 0. The molecule has 2 N–H and O–H groups in total. The third-order valence-electron chi connectivity index (χ3n) is 1.89. The lowest BCUT2D eigenvalue weighted by atomic mass is 9.99. The minimum Gasteiger partial charge on any atom is -0.479 e. The van der Waals surface area contributed by atoms with Crippen LogP contribution in [0.25, 0.3) is 0 Å². The second-order valence-electron chi connectivity index (χ2n) is 3.12. The van der Waals surface area contributed by atoms with Crippen LogP contribution in [0, 0.1) is 5.92 Å². The van der Waals surface area contributed by atoms with Gasteiger partial charge in [-0.1, -0.05) is 20.3 Å². The molecule has 78 valence electrons. The normalized spacial score (nSPS) is 15.3. The minimum absolute atomic E-state index is 0.00551. The lowest BCUT2D eigenvalue weighted by Crippen LogP contribution is -2.31. The number of carbonyl (C=O) groups is 1. The highest BCUT2D eigenvalue weighted by Gasteiger charge is 2.24. The summed E-state index contributed by atoms with van der Waals surface area (Å²) in [5.41, 5.74) is 0. The molecule has 13 heavy (non-hydrogen) atoms. The molecule has 0 aromatic rings. The Hall–Kier alpha value is -0.610. The van der Waals surface area contributed by atoms with Gasteiger partial charge in [-0.3, -0.25) is 0 Å². The van der Waals surface area contributed by atoms with Crippen LogP contribution in [0.2, 0.25) is 0 Å². The molecule has 0 bridgehead atoms. The third-order valence-corrected chi connectivity index (χ3v) is 1.89. The molecule has 2 atom stereocenters. The first-order valence-corrected chi connectivity index (χ1v) is 4.58. The van der Waals surface area contributed by atoms with Crippen LogP contribution in [-0.4, -0.2) is 35.5 Å². The van der Waals surface area contributed by atoms with E-state index in [9.17, 15) is 4.79 Å². The smallest absolute Gasteiger partial charge is 0.333 e. The predicted molar refractivity (Wildman–Crippen MR) is 48.5 cm³/mol. The molecule has 0 saturated carbocycles. The number of rotatable bonds is 7. The molecule has 0 aromatic heterocycles. The highest BCUT2D eigenvalue weighted by molar-refractivity contribution is 5.72. The van der Waals surface area contributed by atoms with Gasteiger partial charge in [-0.25, -0.2) is 4.79 Å². The fourth-order valence-corrected chi connectivity index (χ4v) is 1.27. The Labute approximate surface area is 78.5 Å². The first kappa shape index (κ1) is 12.4. The average Bonchev–Trinajstić information content (AvgIpc) is 2.05. The van der Waals surface area contributed by atoms with Crippen LogP contribution in [0.3, 0.4) is 0 Å². The van der Waals surface area contributed by atoms with E-state index in [1.165, 1.54) is 0 Å². The van der Waals surface area contributed by atoms with E-state index >= 15 is 0 Å². The Bertz CT molecular complexity index is 147. The summed E-state index contributed by atoms with van der Waals surface area (Å²) < 4.78 is 5.02. The highest BCUT2D eigenvalue weighted by Crippen LogP contribution is 2.13. The van der Waals surface area contributed by atoms with Crippen molar-refractivity contribution in [1.82, 2.24) is 0 Å². The second kappa shape index (κ2) is 6.86. The number of aliphatic hydroxyl groups is 1. The summed E-state index contributed by atoms with van der Waals surface area (Å²) in [6.07, 6.45) is 0.975. The summed E-state index contributed by atoms with van der Waals surface area (Å²) in [7, 11) is 0. The fraction of sp³-hybridized carbons (Fsp3) is 0.889. The van der Waals surface area contributed by atoms with Crippen LogP contribution in [0.5, 0.6) is 0 Å². The van der Waals surface area contributed by atoms with E-state index in [1.54, 1.807) is 0 Å². The van der Waals surface area contributed by atoms with Gasteiger partial charge in [0.2, 0.25) is 0 Å². The van der Waals surface area contributed by atoms with E-state index in [0.717, 1.165) is 12.8 Å². The van der Waals surface area contributed by atoms with Crippen molar-refractivity contribution in [2.75, 3.05) is 13.2 Å². The first-order valence-electron chi connectivity index (χ1n) is 4.58. The van der Waals surface area contributed by atoms with Gasteiger partial charge >= 0.3 is 5.97 Å². The number of carboxylic acids is 1. The van der Waals surface area contributed by atoms with Crippen molar-refractivity contribution in [2.45, 2.75) is 32.8 Å². The van der Waals surface area contributed by atoms with Crippen LogP contribution in [0.1, 0.15) is 26.7 Å². The molecule has 0 spiro atoms. The molecule has 2 unspecified atom stereocenters. The molecular formula is C9H18O4. The van der Waals surface area contributed by atoms with Crippen LogP contribution in [-0.2, 0) is 9.53 Å². The van der Waals surface area contributed by atoms with Crippen LogP contribution in [0.4, 0.5) is 0 Å². The molecule has 0 radical (unpaired) electrons. The van der Waals surface area contributed by atoms with Crippen molar-refractivity contribution in [2.24, 2.45) is 5.92 Å². The zero-order valence-electron chi connectivity index (χ0n) is 8.19. The van der Waals surface area contributed by atoms with Crippen LogP contribution < -0.4 is 0 Å². The Kier molecular flexibility index (Phi) is 6.54. The molecule has 0 aliphatic carbocycles. The molecule has 0 aromatic carbocycles. The van der Waals surface area contributed by atoms with Crippen molar-refractivity contribution in [3.8, 4) is 0 Å². The van der Waals surface area contributed by atoms with E-state index in [-0.39, 0.29) is 19.1 Å².